The third kappa shape index (κ3) is 8.66. The number of benzene rings is 4. The normalized spacial score (nSPS) is 11.0. The van der Waals surface area contributed by atoms with Crippen LogP contribution < -0.4 is 9.47 Å². The van der Waals surface area contributed by atoms with Crippen LogP contribution >= 0.6 is 0 Å². The summed E-state index contributed by atoms with van der Waals surface area (Å²) in [6.45, 7) is 5.79. The minimum Gasteiger partial charge on any atom is -0.494 e. The van der Waals surface area contributed by atoms with E-state index in [4.69, 9.17) is 9.47 Å². The average Bonchev–Trinajstić information content (AvgIpc) is 3.01. The lowest BCUT2D eigenvalue weighted by molar-refractivity contribution is 0.304. The maximum absolute atomic E-state index is 15.2. The highest BCUT2D eigenvalue weighted by Crippen LogP contribution is 2.33. The highest BCUT2D eigenvalue weighted by Gasteiger charge is 2.16. The fourth-order valence-corrected chi connectivity index (χ4v) is 4.93. The minimum absolute atomic E-state index is 0.237. The minimum atomic E-state index is -0.847. The summed E-state index contributed by atoms with van der Waals surface area (Å²) >= 11 is 0. The Hall–Kier alpha value is -3.66. The predicted molar refractivity (Wildman–Crippen MR) is 167 cm³/mol. The number of hydrogen-bond acceptors (Lipinski definition) is 2. The van der Waals surface area contributed by atoms with Gasteiger partial charge in [-0.15, -0.1) is 0 Å². The summed E-state index contributed by atoms with van der Waals surface area (Å²) < 4.78 is 42.1. The van der Waals surface area contributed by atoms with E-state index in [1.807, 2.05) is 60.7 Å². The summed E-state index contributed by atoms with van der Waals surface area (Å²) in [5.41, 5.74) is 3.78. The molecule has 0 aliphatic rings. The topological polar surface area (TPSA) is 18.5 Å². The van der Waals surface area contributed by atoms with Gasteiger partial charge in [-0.2, -0.15) is 0 Å². The molecule has 0 aliphatic carbocycles. The number of rotatable bonds is 16. The third-order valence-corrected chi connectivity index (χ3v) is 7.41. The van der Waals surface area contributed by atoms with Crippen LogP contribution in [-0.2, 0) is 0 Å². The molecule has 216 valence electrons. The molecule has 0 spiro atoms. The smallest absolute Gasteiger partial charge is 0.167 e. The monoisotopic (exact) mass is 556 g/mol. The molecule has 4 aromatic rings. The van der Waals surface area contributed by atoms with Crippen LogP contribution in [0.5, 0.6) is 11.5 Å². The van der Waals surface area contributed by atoms with E-state index in [1.54, 1.807) is 24.3 Å². The van der Waals surface area contributed by atoms with Crippen molar-refractivity contribution in [3.63, 3.8) is 0 Å². The molecule has 0 aliphatic heterocycles. The van der Waals surface area contributed by atoms with Crippen molar-refractivity contribution in [2.24, 2.45) is 0 Å². The van der Waals surface area contributed by atoms with Crippen molar-refractivity contribution in [3.8, 4) is 44.9 Å². The number of hydrogen-bond donors (Lipinski definition) is 0. The molecular formula is C37H42F2O2. The first kappa shape index (κ1) is 30.3. The zero-order valence-electron chi connectivity index (χ0n) is 24.4. The van der Waals surface area contributed by atoms with Gasteiger partial charge in [0.25, 0.3) is 0 Å². The van der Waals surface area contributed by atoms with Crippen LogP contribution in [0.1, 0.15) is 71.6 Å². The van der Waals surface area contributed by atoms with Gasteiger partial charge in [0.2, 0.25) is 0 Å². The van der Waals surface area contributed by atoms with E-state index in [0.29, 0.717) is 17.7 Å². The van der Waals surface area contributed by atoms with Gasteiger partial charge in [-0.1, -0.05) is 119 Å². The quantitative estimate of drug-likeness (QED) is 0.128. The third-order valence-electron chi connectivity index (χ3n) is 7.41. The summed E-state index contributed by atoms with van der Waals surface area (Å²) in [5, 5.41) is 0. The lowest BCUT2D eigenvalue weighted by atomic mass is 9.97. The second-order valence-corrected chi connectivity index (χ2v) is 10.6. The van der Waals surface area contributed by atoms with Gasteiger partial charge in [0.05, 0.1) is 13.2 Å². The lowest BCUT2D eigenvalue weighted by Gasteiger charge is -2.11. The summed E-state index contributed by atoms with van der Waals surface area (Å²) in [5.74, 6) is -0.0886. The largest absolute Gasteiger partial charge is 0.494 e. The predicted octanol–water partition coefficient (Wildman–Crippen LogP) is 11.3. The fraction of sp³-hybridized carbons (Fsp3) is 0.351. The molecular weight excluding hydrogens is 514 g/mol. The molecule has 2 nitrogen and oxygen atoms in total. The SMILES string of the molecule is CCCCCCCOc1ccc(-c2ccc(-c3ccc(-c4ccc(OCCCCCC)cc4)c(F)c3F)cc2)cc1. The van der Waals surface area contributed by atoms with E-state index >= 15 is 8.78 Å². The van der Waals surface area contributed by atoms with Crippen molar-refractivity contribution in [2.75, 3.05) is 13.2 Å². The van der Waals surface area contributed by atoms with E-state index in [0.717, 1.165) is 48.5 Å². The second kappa shape index (κ2) is 16.0. The van der Waals surface area contributed by atoms with Crippen LogP contribution in [0.3, 0.4) is 0 Å². The van der Waals surface area contributed by atoms with Gasteiger partial charge in [-0.05, 0) is 59.4 Å². The highest BCUT2D eigenvalue weighted by atomic mass is 19.2. The molecule has 4 aromatic carbocycles. The molecule has 0 bridgehead atoms. The first-order chi connectivity index (χ1) is 20.1. The molecule has 0 N–H and O–H groups in total. The maximum atomic E-state index is 15.2. The van der Waals surface area contributed by atoms with Crippen molar-refractivity contribution >= 4 is 0 Å². The lowest BCUT2D eigenvalue weighted by Crippen LogP contribution is -1.97. The number of ether oxygens (including phenoxy) is 2. The van der Waals surface area contributed by atoms with E-state index in [-0.39, 0.29) is 11.1 Å². The standard InChI is InChI=1S/C37H42F2O2/c1-3-5-7-9-11-27-41-32-20-16-29(17-21-32)28-12-14-30(15-13-28)34-24-25-35(37(39)36(34)38)31-18-22-33(23-19-31)40-26-10-8-6-4-2/h12-25H,3-11,26-27H2,1-2H3. The van der Waals surface area contributed by atoms with Crippen molar-refractivity contribution < 1.29 is 18.3 Å². The zero-order valence-corrected chi connectivity index (χ0v) is 24.4. The molecule has 0 saturated heterocycles. The van der Waals surface area contributed by atoms with Gasteiger partial charge in [-0.25, -0.2) is 8.78 Å². The first-order valence-corrected chi connectivity index (χ1v) is 15.2. The number of unbranched alkanes of at least 4 members (excludes halogenated alkanes) is 7. The second-order valence-electron chi connectivity index (χ2n) is 10.6. The summed E-state index contributed by atoms with van der Waals surface area (Å²) in [7, 11) is 0. The Morgan fingerprint density at radius 2 is 0.756 bits per heavy atom. The summed E-state index contributed by atoms with van der Waals surface area (Å²) in [4.78, 5) is 0. The molecule has 0 amide bonds. The first-order valence-electron chi connectivity index (χ1n) is 15.2. The molecule has 0 heterocycles. The van der Waals surface area contributed by atoms with Crippen molar-refractivity contribution in [2.45, 2.75) is 71.6 Å². The van der Waals surface area contributed by atoms with Gasteiger partial charge in [-0.3, -0.25) is 0 Å². The van der Waals surface area contributed by atoms with Crippen LogP contribution in [0.2, 0.25) is 0 Å². The summed E-state index contributed by atoms with van der Waals surface area (Å²) in [6, 6.07) is 26.0. The Labute approximate surface area is 244 Å². The van der Waals surface area contributed by atoms with Crippen molar-refractivity contribution in [3.05, 3.63) is 96.6 Å². The van der Waals surface area contributed by atoms with E-state index in [2.05, 4.69) is 13.8 Å². The van der Waals surface area contributed by atoms with Crippen LogP contribution in [0.25, 0.3) is 33.4 Å². The Kier molecular flexibility index (Phi) is 11.8. The average molecular weight is 557 g/mol. The molecule has 0 aromatic heterocycles. The number of halogens is 2. The molecule has 41 heavy (non-hydrogen) atoms. The van der Waals surface area contributed by atoms with Crippen LogP contribution in [0.15, 0.2) is 84.9 Å². The maximum Gasteiger partial charge on any atom is 0.167 e. The van der Waals surface area contributed by atoms with Crippen LogP contribution in [0, 0.1) is 11.6 Å². The Balaban J connectivity index is 1.37. The Bertz CT molecular complexity index is 1330. The fourth-order valence-electron chi connectivity index (χ4n) is 4.93. The Morgan fingerprint density at radius 1 is 0.415 bits per heavy atom. The summed E-state index contributed by atoms with van der Waals surface area (Å²) in [6.07, 6.45) is 10.6. The Morgan fingerprint density at radius 3 is 1.20 bits per heavy atom. The molecule has 0 fully saturated rings. The molecule has 0 saturated carbocycles. The molecule has 4 rings (SSSR count). The van der Waals surface area contributed by atoms with Gasteiger partial charge in [0, 0.05) is 11.1 Å². The van der Waals surface area contributed by atoms with Gasteiger partial charge in [0.1, 0.15) is 11.5 Å². The molecule has 0 atom stereocenters. The highest BCUT2D eigenvalue weighted by molar-refractivity contribution is 5.74. The van der Waals surface area contributed by atoms with Gasteiger partial charge in [0.15, 0.2) is 11.6 Å². The van der Waals surface area contributed by atoms with E-state index in [1.165, 1.54) is 38.5 Å². The zero-order chi connectivity index (χ0) is 28.9. The van der Waals surface area contributed by atoms with Gasteiger partial charge < -0.3 is 9.47 Å². The van der Waals surface area contributed by atoms with Crippen LogP contribution in [-0.4, -0.2) is 13.2 Å². The van der Waals surface area contributed by atoms with Crippen LogP contribution in [0.4, 0.5) is 8.78 Å². The van der Waals surface area contributed by atoms with E-state index < -0.39 is 11.6 Å². The van der Waals surface area contributed by atoms with E-state index in [9.17, 15) is 0 Å². The molecule has 0 unspecified atom stereocenters. The molecule has 0 radical (unpaired) electrons. The van der Waals surface area contributed by atoms with Crippen molar-refractivity contribution in [1.82, 2.24) is 0 Å². The van der Waals surface area contributed by atoms with Crippen molar-refractivity contribution in [1.29, 1.82) is 0 Å². The molecule has 4 heteroatoms. The van der Waals surface area contributed by atoms with Gasteiger partial charge >= 0.3 is 0 Å².